The molecule has 8 heteroatoms. The number of carbonyl (C=O) groups is 1. The van der Waals surface area contributed by atoms with E-state index in [9.17, 15) is 23.1 Å². The number of alkyl halides is 3. The second kappa shape index (κ2) is 11.3. The van der Waals surface area contributed by atoms with Gasteiger partial charge in [0.2, 0.25) is 0 Å². The van der Waals surface area contributed by atoms with E-state index in [1.807, 2.05) is 4.90 Å². The second-order valence-electron chi connectivity index (χ2n) is 10.2. The summed E-state index contributed by atoms with van der Waals surface area (Å²) in [5.41, 5.74) is 2.98. The minimum Gasteiger partial charge on any atom is -0.496 e. The fourth-order valence-electron chi connectivity index (χ4n) is 6.01. The van der Waals surface area contributed by atoms with Gasteiger partial charge in [0.1, 0.15) is 24.1 Å². The third-order valence-corrected chi connectivity index (χ3v) is 7.82. The molecule has 5 nitrogen and oxygen atoms in total. The smallest absolute Gasteiger partial charge is 0.417 e. The molecule has 2 aliphatic rings. The number of likely N-dealkylation sites (tertiary alicyclic amines) is 1. The summed E-state index contributed by atoms with van der Waals surface area (Å²) >= 11 is 0. The van der Waals surface area contributed by atoms with Crippen molar-refractivity contribution in [3.63, 3.8) is 0 Å². The number of hydrogen-bond acceptors (Lipinski definition) is 4. The van der Waals surface area contributed by atoms with Gasteiger partial charge >= 0.3 is 12.1 Å². The van der Waals surface area contributed by atoms with Crippen molar-refractivity contribution < 1.29 is 32.5 Å². The van der Waals surface area contributed by atoms with E-state index in [4.69, 9.17) is 9.47 Å². The molecule has 1 heterocycles. The predicted octanol–water partition coefficient (Wildman–Crippen LogP) is 6.89. The van der Waals surface area contributed by atoms with Crippen LogP contribution in [0.4, 0.5) is 13.2 Å². The average molecular weight is 540 g/mol. The molecule has 0 bridgehead atoms. The van der Waals surface area contributed by atoms with E-state index in [2.05, 4.69) is 0 Å². The molecule has 0 saturated carbocycles. The number of ether oxygens (including phenoxy) is 2. The van der Waals surface area contributed by atoms with Gasteiger partial charge in [0, 0.05) is 23.7 Å². The van der Waals surface area contributed by atoms with Crippen LogP contribution >= 0.6 is 0 Å². The van der Waals surface area contributed by atoms with E-state index < -0.39 is 23.8 Å². The summed E-state index contributed by atoms with van der Waals surface area (Å²) in [7, 11) is 1.56. The lowest BCUT2D eigenvalue weighted by Gasteiger charge is -2.34. The number of halogens is 3. The molecular weight excluding hydrogens is 507 g/mol. The van der Waals surface area contributed by atoms with Crippen molar-refractivity contribution >= 4 is 5.97 Å². The Morgan fingerprint density at radius 1 is 1.00 bits per heavy atom. The maximum atomic E-state index is 14.3. The van der Waals surface area contributed by atoms with Crippen molar-refractivity contribution in [3.05, 3.63) is 82.4 Å². The molecule has 1 aliphatic heterocycles. The number of rotatable bonds is 8. The third-order valence-electron chi connectivity index (χ3n) is 7.82. The first-order chi connectivity index (χ1) is 18.8. The second-order valence-corrected chi connectivity index (χ2v) is 10.2. The monoisotopic (exact) mass is 539 g/mol. The minimum absolute atomic E-state index is 0.0660. The highest BCUT2D eigenvalue weighted by Crippen LogP contribution is 2.43. The van der Waals surface area contributed by atoms with Gasteiger partial charge in [-0.15, -0.1) is 0 Å². The normalized spacial score (nSPS) is 17.6. The Balaban J connectivity index is 1.47. The fourth-order valence-corrected chi connectivity index (χ4v) is 6.01. The Morgan fingerprint density at radius 3 is 2.49 bits per heavy atom. The molecule has 0 spiro atoms. The van der Waals surface area contributed by atoms with Gasteiger partial charge < -0.3 is 14.6 Å². The van der Waals surface area contributed by atoms with Crippen LogP contribution in [-0.2, 0) is 37.0 Å². The molecular formula is C31H32F3NO4. The zero-order valence-corrected chi connectivity index (χ0v) is 21.9. The molecule has 206 valence electrons. The van der Waals surface area contributed by atoms with Gasteiger partial charge in [-0.05, 0) is 60.9 Å². The average Bonchev–Trinajstić information content (AvgIpc) is 3.43. The molecule has 1 fully saturated rings. The van der Waals surface area contributed by atoms with Crippen molar-refractivity contribution in [3.8, 4) is 22.6 Å². The van der Waals surface area contributed by atoms with Crippen LogP contribution in [0, 0.1) is 0 Å². The van der Waals surface area contributed by atoms with Crippen LogP contribution in [0.1, 0.15) is 53.5 Å². The zero-order valence-electron chi connectivity index (χ0n) is 21.9. The number of carboxylic acid groups (broad SMARTS) is 1. The van der Waals surface area contributed by atoms with Crippen molar-refractivity contribution in [2.75, 3.05) is 13.7 Å². The highest BCUT2D eigenvalue weighted by atomic mass is 19.4. The standard InChI is InChI=1S/C31H32F3NO4/c1-38-27-17-28(24-14-8-13-23(24)25(27)18-35-16-6-5-15-26(35)30(36)37)39-19-21-11-7-12-22(29(21)31(32,33)34)20-9-3-2-4-10-20/h2-4,7,9-12,17,26H,5-6,8,13-16,18-19H2,1H3,(H,36,37)/t26-/m0/s1. The zero-order chi connectivity index (χ0) is 27.6. The predicted molar refractivity (Wildman–Crippen MR) is 142 cm³/mol. The number of aliphatic carboxylic acids is 1. The van der Waals surface area contributed by atoms with Crippen molar-refractivity contribution in [2.24, 2.45) is 0 Å². The van der Waals surface area contributed by atoms with E-state index in [0.29, 0.717) is 36.6 Å². The molecule has 39 heavy (non-hydrogen) atoms. The number of carboxylic acids is 1. The van der Waals surface area contributed by atoms with Crippen LogP contribution < -0.4 is 9.47 Å². The van der Waals surface area contributed by atoms with Crippen molar-refractivity contribution in [1.29, 1.82) is 0 Å². The quantitative estimate of drug-likeness (QED) is 0.338. The number of nitrogens with zero attached hydrogens (tertiary/aromatic N) is 1. The number of fused-ring (bicyclic) bond motifs is 1. The topological polar surface area (TPSA) is 59.0 Å². The van der Waals surface area contributed by atoms with Gasteiger partial charge in [-0.3, -0.25) is 9.69 Å². The first kappa shape index (κ1) is 27.1. The molecule has 0 amide bonds. The number of benzene rings is 3. The summed E-state index contributed by atoms with van der Waals surface area (Å²) in [6.45, 7) is 0.920. The summed E-state index contributed by atoms with van der Waals surface area (Å²) in [4.78, 5) is 13.9. The van der Waals surface area contributed by atoms with Crippen LogP contribution in [0.15, 0.2) is 54.6 Å². The molecule has 1 saturated heterocycles. The first-order valence-corrected chi connectivity index (χ1v) is 13.3. The van der Waals surface area contributed by atoms with Crippen LogP contribution in [0.5, 0.6) is 11.5 Å². The molecule has 0 radical (unpaired) electrons. The van der Waals surface area contributed by atoms with E-state index in [1.165, 1.54) is 12.1 Å². The van der Waals surface area contributed by atoms with E-state index in [-0.39, 0.29) is 17.7 Å². The molecule has 1 aliphatic carbocycles. The lowest BCUT2D eigenvalue weighted by molar-refractivity contribution is -0.145. The number of piperidine rings is 1. The fraction of sp³-hybridized carbons (Fsp3) is 0.387. The molecule has 3 aromatic rings. The number of methoxy groups -OCH3 is 1. The summed E-state index contributed by atoms with van der Waals surface area (Å²) < 4.78 is 54.7. The van der Waals surface area contributed by atoms with E-state index >= 15 is 0 Å². The largest absolute Gasteiger partial charge is 0.496 e. The van der Waals surface area contributed by atoms with Crippen LogP contribution in [0.2, 0.25) is 0 Å². The first-order valence-electron chi connectivity index (χ1n) is 13.3. The molecule has 5 rings (SSSR count). The highest BCUT2D eigenvalue weighted by Gasteiger charge is 2.37. The summed E-state index contributed by atoms with van der Waals surface area (Å²) in [6.07, 6.45) is 0.334. The summed E-state index contributed by atoms with van der Waals surface area (Å²) in [5.74, 6) is 0.285. The van der Waals surface area contributed by atoms with Crippen LogP contribution in [-0.4, -0.2) is 35.7 Å². The molecule has 0 aromatic heterocycles. The Bertz CT molecular complexity index is 1340. The third kappa shape index (κ3) is 5.62. The maximum absolute atomic E-state index is 14.3. The minimum atomic E-state index is -4.55. The van der Waals surface area contributed by atoms with Gasteiger partial charge in [0.15, 0.2) is 0 Å². The van der Waals surface area contributed by atoms with Crippen LogP contribution in [0.25, 0.3) is 11.1 Å². The Kier molecular flexibility index (Phi) is 7.84. The molecule has 0 unspecified atom stereocenters. The van der Waals surface area contributed by atoms with E-state index in [1.54, 1.807) is 49.6 Å². The molecule has 1 N–H and O–H groups in total. The highest BCUT2D eigenvalue weighted by molar-refractivity contribution is 5.73. The summed E-state index contributed by atoms with van der Waals surface area (Å²) in [6, 6.07) is 14.4. The van der Waals surface area contributed by atoms with Crippen molar-refractivity contribution in [2.45, 2.75) is 63.9 Å². The molecule has 3 aromatic carbocycles. The van der Waals surface area contributed by atoms with Gasteiger partial charge in [-0.1, -0.05) is 55.0 Å². The Labute approximate surface area is 226 Å². The lowest BCUT2D eigenvalue weighted by Crippen LogP contribution is -2.44. The Hall–Kier alpha value is -3.52. The van der Waals surface area contributed by atoms with Gasteiger partial charge in [-0.2, -0.15) is 13.2 Å². The van der Waals surface area contributed by atoms with Gasteiger partial charge in [0.05, 0.1) is 12.7 Å². The van der Waals surface area contributed by atoms with E-state index in [0.717, 1.165) is 48.8 Å². The van der Waals surface area contributed by atoms with Crippen molar-refractivity contribution in [1.82, 2.24) is 4.90 Å². The SMILES string of the molecule is COc1cc(OCc2cccc(-c3ccccc3)c2C(F)(F)F)c2c(c1CN1CCCC[C@H]1C(=O)O)CCC2. The maximum Gasteiger partial charge on any atom is 0.417 e. The lowest BCUT2D eigenvalue weighted by atomic mass is 9.95. The summed E-state index contributed by atoms with van der Waals surface area (Å²) in [5, 5.41) is 9.73. The van der Waals surface area contributed by atoms with Crippen LogP contribution in [0.3, 0.4) is 0 Å². The number of hydrogen-bond donors (Lipinski definition) is 1. The molecule has 1 atom stereocenters. The Morgan fingerprint density at radius 2 is 1.77 bits per heavy atom. The van der Waals surface area contributed by atoms with Gasteiger partial charge in [0.25, 0.3) is 0 Å². The van der Waals surface area contributed by atoms with Gasteiger partial charge in [-0.25, -0.2) is 0 Å².